The molecule has 1 heterocycles. The zero-order valence-electron chi connectivity index (χ0n) is 10.6. The summed E-state index contributed by atoms with van der Waals surface area (Å²) < 4.78 is 13.9. The van der Waals surface area contributed by atoms with Crippen LogP contribution in [-0.2, 0) is 23.1 Å². The van der Waals surface area contributed by atoms with Gasteiger partial charge in [-0.25, -0.2) is 14.5 Å². The minimum absolute atomic E-state index is 0.0607. The molecule has 20 heavy (non-hydrogen) atoms. The Bertz CT molecular complexity index is 672. The largest absolute Gasteiger partial charge is 0.478 e. The van der Waals surface area contributed by atoms with E-state index >= 15 is 0 Å². The number of carbonyl (C=O) groups is 1. The average Bonchev–Trinajstić information content (AvgIpc) is 2.86. The van der Waals surface area contributed by atoms with Gasteiger partial charge in [0, 0.05) is 11.4 Å². The lowest BCUT2D eigenvalue weighted by Gasteiger charge is -2.05. The SMILES string of the molecule is CCn1ncnc1CS(=O)c1ccc(Cl)c(C(=O)O)c1. The molecule has 2 aromatic rings. The van der Waals surface area contributed by atoms with Gasteiger partial charge in [0.1, 0.15) is 12.2 Å². The van der Waals surface area contributed by atoms with Gasteiger partial charge < -0.3 is 5.11 Å². The zero-order chi connectivity index (χ0) is 14.7. The molecule has 0 fully saturated rings. The van der Waals surface area contributed by atoms with Gasteiger partial charge in [0.15, 0.2) is 0 Å². The monoisotopic (exact) mass is 313 g/mol. The number of aromatic carboxylic acids is 1. The first-order chi connectivity index (χ1) is 9.52. The summed E-state index contributed by atoms with van der Waals surface area (Å²) in [6, 6.07) is 4.31. The van der Waals surface area contributed by atoms with Crippen LogP contribution >= 0.6 is 11.6 Å². The van der Waals surface area contributed by atoms with E-state index in [1.54, 1.807) is 10.7 Å². The van der Waals surface area contributed by atoms with Crippen LogP contribution in [0.4, 0.5) is 0 Å². The molecule has 0 saturated heterocycles. The number of rotatable bonds is 5. The van der Waals surface area contributed by atoms with Gasteiger partial charge in [-0.05, 0) is 25.1 Å². The zero-order valence-corrected chi connectivity index (χ0v) is 12.2. The van der Waals surface area contributed by atoms with Crippen molar-refractivity contribution in [2.45, 2.75) is 24.1 Å². The van der Waals surface area contributed by atoms with E-state index in [0.717, 1.165) is 0 Å². The van der Waals surface area contributed by atoms with Gasteiger partial charge in [0.05, 0.1) is 27.1 Å². The third kappa shape index (κ3) is 3.05. The number of carboxylic acids is 1. The fourth-order valence-corrected chi connectivity index (χ4v) is 2.97. The molecule has 6 nitrogen and oxygen atoms in total. The van der Waals surface area contributed by atoms with Crippen LogP contribution in [0.25, 0.3) is 0 Å². The first kappa shape index (κ1) is 14.7. The molecule has 2 rings (SSSR count). The number of carboxylic acid groups (broad SMARTS) is 1. The Labute approximate surface area is 122 Å². The highest BCUT2D eigenvalue weighted by atomic mass is 35.5. The molecule has 1 aromatic heterocycles. The molecule has 0 radical (unpaired) electrons. The molecule has 0 spiro atoms. The molecule has 8 heteroatoms. The number of nitrogens with zero attached hydrogens (tertiary/aromatic N) is 3. The Hall–Kier alpha value is -1.73. The topological polar surface area (TPSA) is 85.1 Å². The van der Waals surface area contributed by atoms with E-state index in [9.17, 15) is 9.00 Å². The molecule has 0 aliphatic carbocycles. The number of hydrogen-bond donors (Lipinski definition) is 1. The molecule has 0 bridgehead atoms. The number of hydrogen-bond acceptors (Lipinski definition) is 4. The summed E-state index contributed by atoms with van der Waals surface area (Å²) >= 11 is 5.78. The van der Waals surface area contributed by atoms with Gasteiger partial charge in [0.2, 0.25) is 0 Å². The normalized spacial score (nSPS) is 12.3. The molecule has 106 valence electrons. The second-order valence-electron chi connectivity index (χ2n) is 3.93. The first-order valence-corrected chi connectivity index (χ1v) is 7.50. The molecule has 1 atom stereocenters. The van der Waals surface area contributed by atoms with E-state index in [4.69, 9.17) is 16.7 Å². The maximum atomic E-state index is 12.3. The summed E-state index contributed by atoms with van der Waals surface area (Å²) in [5.74, 6) is -0.377. The van der Waals surface area contributed by atoms with Crippen molar-refractivity contribution in [3.8, 4) is 0 Å². The Balaban J connectivity index is 2.26. The molecule has 0 aliphatic rings. The van der Waals surface area contributed by atoms with Crippen molar-refractivity contribution in [1.29, 1.82) is 0 Å². The molecule has 1 N–H and O–H groups in total. The third-order valence-electron chi connectivity index (χ3n) is 2.69. The molecule has 0 aliphatic heterocycles. The van der Waals surface area contributed by atoms with Crippen LogP contribution in [0.2, 0.25) is 5.02 Å². The van der Waals surface area contributed by atoms with E-state index in [1.165, 1.54) is 18.5 Å². The average molecular weight is 314 g/mol. The van der Waals surface area contributed by atoms with Crippen LogP contribution in [-0.4, -0.2) is 30.0 Å². The minimum Gasteiger partial charge on any atom is -0.478 e. The second kappa shape index (κ2) is 6.15. The Kier molecular flexibility index (Phi) is 4.51. The summed E-state index contributed by atoms with van der Waals surface area (Å²) in [6.07, 6.45) is 1.40. The van der Waals surface area contributed by atoms with Crippen LogP contribution < -0.4 is 0 Å². The summed E-state index contributed by atoms with van der Waals surface area (Å²) in [7, 11) is -1.41. The van der Waals surface area contributed by atoms with E-state index in [1.807, 2.05) is 6.92 Å². The highest BCUT2D eigenvalue weighted by Crippen LogP contribution is 2.20. The molecular weight excluding hydrogens is 302 g/mol. The number of aryl methyl sites for hydroxylation is 1. The van der Waals surface area contributed by atoms with Crippen molar-refractivity contribution in [2.24, 2.45) is 0 Å². The molecule has 1 unspecified atom stereocenters. The van der Waals surface area contributed by atoms with Gasteiger partial charge in [-0.15, -0.1) is 0 Å². The molecule has 0 amide bonds. The summed E-state index contributed by atoms with van der Waals surface area (Å²) in [5, 5.41) is 13.1. The van der Waals surface area contributed by atoms with Crippen molar-refractivity contribution in [3.63, 3.8) is 0 Å². The summed E-state index contributed by atoms with van der Waals surface area (Å²) in [6.45, 7) is 2.54. The molecular formula is C12H12ClN3O3S. The van der Waals surface area contributed by atoms with Crippen LogP contribution in [0.3, 0.4) is 0 Å². The highest BCUT2D eigenvalue weighted by Gasteiger charge is 2.14. The van der Waals surface area contributed by atoms with Crippen LogP contribution in [0.1, 0.15) is 23.1 Å². The maximum absolute atomic E-state index is 12.3. The predicted molar refractivity (Wildman–Crippen MR) is 74.2 cm³/mol. The van der Waals surface area contributed by atoms with Crippen LogP contribution in [0, 0.1) is 0 Å². The number of benzene rings is 1. The Morgan fingerprint density at radius 1 is 1.50 bits per heavy atom. The standard InChI is InChI=1S/C12H12ClN3O3S/c1-2-16-11(14-7-15-16)6-20(19)8-3-4-10(13)9(5-8)12(17)18/h3-5,7H,2,6H2,1H3,(H,17,18). The van der Waals surface area contributed by atoms with Crippen LogP contribution in [0.5, 0.6) is 0 Å². The Morgan fingerprint density at radius 3 is 2.90 bits per heavy atom. The van der Waals surface area contributed by atoms with Gasteiger partial charge in [-0.1, -0.05) is 11.6 Å². The number of halogens is 1. The van der Waals surface area contributed by atoms with Crippen molar-refractivity contribution in [1.82, 2.24) is 14.8 Å². The predicted octanol–water partition coefficient (Wildman–Crippen LogP) is 1.96. The lowest BCUT2D eigenvalue weighted by molar-refractivity contribution is 0.0697. The van der Waals surface area contributed by atoms with Crippen molar-refractivity contribution >= 4 is 28.4 Å². The summed E-state index contributed by atoms with van der Waals surface area (Å²) in [5.41, 5.74) is -0.0607. The maximum Gasteiger partial charge on any atom is 0.337 e. The van der Waals surface area contributed by atoms with Crippen LogP contribution in [0.15, 0.2) is 29.4 Å². The van der Waals surface area contributed by atoms with Gasteiger partial charge in [-0.2, -0.15) is 5.10 Å². The van der Waals surface area contributed by atoms with Crippen molar-refractivity contribution in [2.75, 3.05) is 0 Å². The lowest BCUT2D eigenvalue weighted by Crippen LogP contribution is -2.08. The number of aromatic nitrogens is 3. The Morgan fingerprint density at radius 2 is 2.25 bits per heavy atom. The third-order valence-corrected chi connectivity index (χ3v) is 4.32. The second-order valence-corrected chi connectivity index (χ2v) is 5.79. The van der Waals surface area contributed by atoms with Crippen molar-refractivity contribution in [3.05, 3.63) is 40.9 Å². The van der Waals surface area contributed by atoms with Crippen molar-refractivity contribution < 1.29 is 14.1 Å². The summed E-state index contributed by atoms with van der Waals surface area (Å²) in [4.78, 5) is 15.4. The van der Waals surface area contributed by atoms with E-state index < -0.39 is 16.8 Å². The van der Waals surface area contributed by atoms with E-state index in [0.29, 0.717) is 17.3 Å². The fourth-order valence-electron chi connectivity index (χ4n) is 1.67. The van der Waals surface area contributed by atoms with Gasteiger partial charge in [0.25, 0.3) is 0 Å². The smallest absolute Gasteiger partial charge is 0.337 e. The highest BCUT2D eigenvalue weighted by molar-refractivity contribution is 7.84. The molecule has 1 aromatic carbocycles. The lowest BCUT2D eigenvalue weighted by atomic mass is 10.2. The molecule has 0 saturated carbocycles. The fraction of sp³-hybridized carbons (Fsp3) is 0.250. The van der Waals surface area contributed by atoms with Gasteiger partial charge in [-0.3, -0.25) is 4.21 Å². The van der Waals surface area contributed by atoms with E-state index in [2.05, 4.69) is 10.1 Å². The first-order valence-electron chi connectivity index (χ1n) is 5.80. The van der Waals surface area contributed by atoms with E-state index in [-0.39, 0.29) is 16.3 Å². The quantitative estimate of drug-likeness (QED) is 0.912. The minimum atomic E-state index is -1.41. The van der Waals surface area contributed by atoms with Gasteiger partial charge >= 0.3 is 5.97 Å².